The number of nitrogens with zero attached hydrogens (tertiary/aromatic N) is 1. The standard InChI is InChI=1S/C21H17ClN2O6/c1-29-20-17-9(5-15(26)18(20)27)4-12(23-17)21(28)24-8-10(7-22)16-13(24)6-14(25)11-2-3-30-19(11)16/h2-6,10,23,25-27H,7-8H2,1H3. The third-order valence-electron chi connectivity index (χ3n) is 5.53. The number of furan rings is 1. The van der Waals surface area contributed by atoms with Crippen molar-refractivity contribution < 1.29 is 29.3 Å². The zero-order valence-corrected chi connectivity index (χ0v) is 16.5. The van der Waals surface area contributed by atoms with Crippen molar-refractivity contribution in [2.24, 2.45) is 0 Å². The van der Waals surface area contributed by atoms with Crippen molar-refractivity contribution in [1.29, 1.82) is 0 Å². The molecule has 0 bridgehead atoms. The number of H-pyrrole nitrogens is 1. The molecule has 8 nitrogen and oxygen atoms in total. The van der Waals surface area contributed by atoms with Gasteiger partial charge in [-0.3, -0.25) is 4.79 Å². The maximum absolute atomic E-state index is 13.4. The first-order valence-corrected chi connectivity index (χ1v) is 9.70. The molecule has 0 spiro atoms. The van der Waals surface area contributed by atoms with Crippen molar-refractivity contribution >= 4 is 45.1 Å². The second-order valence-electron chi connectivity index (χ2n) is 7.18. The first-order chi connectivity index (χ1) is 14.4. The maximum atomic E-state index is 13.4. The van der Waals surface area contributed by atoms with Crippen LogP contribution in [0.25, 0.3) is 21.9 Å². The minimum absolute atomic E-state index is 0.0127. The summed E-state index contributed by atoms with van der Waals surface area (Å²) in [7, 11) is 1.36. The Balaban J connectivity index is 1.64. The van der Waals surface area contributed by atoms with Gasteiger partial charge in [-0.2, -0.15) is 0 Å². The van der Waals surface area contributed by atoms with E-state index in [0.717, 1.165) is 5.56 Å². The number of carbonyl (C=O) groups excluding carboxylic acids is 1. The molecule has 9 heteroatoms. The van der Waals surface area contributed by atoms with Gasteiger partial charge in [-0.15, -0.1) is 11.6 Å². The van der Waals surface area contributed by atoms with Crippen LogP contribution in [0.2, 0.25) is 0 Å². The van der Waals surface area contributed by atoms with Gasteiger partial charge in [0.15, 0.2) is 11.5 Å². The molecule has 1 amide bonds. The smallest absolute Gasteiger partial charge is 0.274 e. The van der Waals surface area contributed by atoms with Gasteiger partial charge in [0.2, 0.25) is 5.75 Å². The Kier molecular flexibility index (Phi) is 4.01. The molecule has 30 heavy (non-hydrogen) atoms. The van der Waals surface area contributed by atoms with E-state index in [2.05, 4.69) is 4.98 Å². The number of fused-ring (bicyclic) bond motifs is 4. The molecule has 1 aliphatic heterocycles. The van der Waals surface area contributed by atoms with E-state index in [0.29, 0.717) is 34.1 Å². The monoisotopic (exact) mass is 428 g/mol. The zero-order chi connectivity index (χ0) is 21.2. The molecule has 2 aromatic carbocycles. The molecule has 0 fully saturated rings. The fraction of sp³-hybridized carbons (Fsp3) is 0.190. The molecule has 0 aliphatic carbocycles. The summed E-state index contributed by atoms with van der Waals surface area (Å²) in [6.45, 7) is 0.319. The van der Waals surface area contributed by atoms with E-state index >= 15 is 0 Å². The number of amides is 1. The predicted molar refractivity (Wildman–Crippen MR) is 111 cm³/mol. The Morgan fingerprint density at radius 1 is 1.30 bits per heavy atom. The number of carbonyl (C=O) groups is 1. The topological polar surface area (TPSA) is 119 Å². The Hall–Kier alpha value is -3.52. The predicted octanol–water partition coefficient (Wildman–Crippen LogP) is 4.02. The number of aromatic nitrogens is 1. The maximum Gasteiger partial charge on any atom is 0.274 e. The van der Waals surface area contributed by atoms with E-state index in [1.54, 1.807) is 18.2 Å². The molecule has 5 rings (SSSR count). The molecule has 1 atom stereocenters. The third-order valence-corrected chi connectivity index (χ3v) is 5.90. The van der Waals surface area contributed by atoms with Gasteiger partial charge in [-0.25, -0.2) is 0 Å². The van der Waals surface area contributed by atoms with Gasteiger partial charge in [0.05, 0.1) is 30.0 Å². The number of alkyl halides is 1. The molecule has 3 heterocycles. The summed E-state index contributed by atoms with van der Waals surface area (Å²) in [5.41, 5.74) is 2.43. The summed E-state index contributed by atoms with van der Waals surface area (Å²) in [6.07, 6.45) is 1.49. The van der Waals surface area contributed by atoms with Crippen LogP contribution in [0.1, 0.15) is 22.0 Å². The summed E-state index contributed by atoms with van der Waals surface area (Å²) in [6, 6.07) is 6.12. The number of aromatic hydroxyl groups is 3. The lowest BCUT2D eigenvalue weighted by atomic mass is 10.0. The van der Waals surface area contributed by atoms with Crippen molar-refractivity contribution in [3.05, 3.63) is 41.8 Å². The van der Waals surface area contributed by atoms with Crippen molar-refractivity contribution in [2.45, 2.75) is 5.92 Å². The first-order valence-electron chi connectivity index (χ1n) is 9.17. The Labute approximate surface area is 174 Å². The number of ether oxygens (including phenoxy) is 1. The van der Waals surface area contributed by atoms with E-state index < -0.39 is 5.75 Å². The Morgan fingerprint density at radius 3 is 2.83 bits per heavy atom. The molecule has 0 radical (unpaired) electrons. The fourth-order valence-corrected chi connectivity index (χ4v) is 4.40. The van der Waals surface area contributed by atoms with Crippen molar-refractivity contribution in [2.75, 3.05) is 24.4 Å². The highest BCUT2D eigenvalue weighted by Crippen LogP contribution is 2.46. The van der Waals surface area contributed by atoms with E-state index in [1.807, 2.05) is 0 Å². The highest BCUT2D eigenvalue weighted by Gasteiger charge is 2.36. The Bertz CT molecular complexity index is 1320. The number of phenols is 3. The van der Waals surface area contributed by atoms with E-state index in [9.17, 15) is 20.1 Å². The number of nitrogens with one attached hydrogen (secondary N) is 1. The van der Waals surface area contributed by atoms with Crippen molar-refractivity contribution in [3.63, 3.8) is 0 Å². The molecule has 4 N–H and O–H groups in total. The SMILES string of the molecule is COc1c(O)c(O)cc2cc(C(=O)N3CC(CCl)c4c3cc(O)c3ccoc43)[nH]c12. The first kappa shape index (κ1) is 18.5. The molecule has 0 saturated carbocycles. The van der Waals surface area contributed by atoms with Gasteiger partial charge in [0.25, 0.3) is 5.91 Å². The molecule has 1 unspecified atom stereocenters. The number of hydrogen-bond acceptors (Lipinski definition) is 6. The average Bonchev–Trinajstić information content (AvgIpc) is 3.44. The lowest BCUT2D eigenvalue weighted by molar-refractivity contribution is 0.0984. The van der Waals surface area contributed by atoms with Gasteiger partial charge in [-0.1, -0.05) is 0 Å². The van der Waals surface area contributed by atoms with Crippen molar-refractivity contribution in [3.8, 4) is 23.0 Å². The third kappa shape index (κ3) is 2.43. The molecule has 4 aromatic rings. The van der Waals surface area contributed by atoms with E-state index in [4.69, 9.17) is 20.8 Å². The van der Waals surface area contributed by atoms with Crippen LogP contribution in [0.4, 0.5) is 5.69 Å². The molecule has 154 valence electrons. The number of halogens is 1. The molecular weight excluding hydrogens is 412 g/mol. The van der Waals surface area contributed by atoms with Crippen LogP contribution in [-0.4, -0.2) is 45.7 Å². The van der Waals surface area contributed by atoms with Gasteiger partial charge < -0.3 is 34.4 Å². The highest BCUT2D eigenvalue weighted by molar-refractivity contribution is 6.19. The van der Waals surface area contributed by atoms with Gasteiger partial charge in [0.1, 0.15) is 17.0 Å². The minimum atomic E-state index is -0.412. The second kappa shape index (κ2) is 6.50. The molecule has 2 aromatic heterocycles. The lowest BCUT2D eigenvalue weighted by Crippen LogP contribution is -2.30. The Morgan fingerprint density at radius 2 is 2.10 bits per heavy atom. The number of benzene rings is 2. The van der Waals surface area contributed by atoms with Crippen molar-refractivity contribution in [1.82, 2.24) is 4.98 Å². The fourth-order valence-electron chi connectivity index (χ4n) is 4.15. The highest BCUT2D eigenvalue weighted by atomic mass is 35.5. The van der Waals surface area contributed by atoms with E-state index in [1.165, 1.54) is 24.3 Å². The van der Waals surface area contributed by atoms with E-state index in [-0.39, 0.29) is 40.6 Å². The minimum Gasteiger partial charge on any atom is -0.507 e. The number of hydrogen-bond donors (Lipinski definition) is 4. The van der Waals surface area contributed by atoms with Crippen LogP contribution in [0, 0.1) is 0 Å². The van der Waals surface area contributed by atoms with Crippen LogP contribution >= 0.6 is 11.6 Å². The normalized spacial score (nSPS) is 15.8. The summed E-state index contributed by atoms with van der Waals surface area (Å²) in [4.78, 5) is 17.9. The second-order valence-corrected chi connectivity index (χ2v) is 7.49. The van der Waals surface area contributed by atoms with Crippen LogP contribution in [0.15, 0.2) is 34.9 Å². The van der Waals surface area contributed by atoms with Crippen LogP contribution < -0.4 is 9.64 Å². The molecule has 0 saturated heterocycles. The van der Waals surface area contributed by atoms with Crippen LogP contribution in [0.3, 0.4) is 0 Å². The van der Waals surface area contributed by atoms with Gasteiger partial charge in [0, 0.05) is 35.4 Å². The summed E-state index contributed by atoms with van der Waals surface area (Å²) in [5, 5.41) is 31.4. The quantitative estimate of drug-likeness (QED) is 0.289. The van der Waals surface area contributed by atoms with Crippen LogP contribution in [0.5, 0.6) is 23.0 Å². The largest absolute Gasteiger partial charge is 0.507 e. The van der Waals surface area contributed by atoms with Gasteiger partial charge >= 0.3 is 0 Å². The summed E-state index contributed by atoms with van der Waals surface area (Å²) >= 11 is 6.18. The number of methoxy groups -OCH3 is 1. The number of aromatic amines is 1. The average molecular weight is 429 g/mol. The number of rotatable bonds is 3. The zero-order valence-electron chi connectivity index (χ0n) is 15.8. The molecule has 1 aliphatic rings. The lowest BCUT2D eigenvalue weighted by Gasteiger charge is -2.17. The number of phenolic OH excluding ortho intramolecular Hbond substituents is 3. The molecular formula is C21H17ClN2O6. The van der Waals surface area contributed by atoms with Crippen LogP contribution in [-0.2, 0) is 0 Å². The summed E-state index contributed by atoms with van der Waals surface area (Å²) in [5.74, 6) is -0.947. The van der Waals surface area contributed by atoms with Gasteiger partial charge in [-0.05, 0) is 18.2 Å². The summed E-state index contributed by atoms with van der Waals surface area (Å²) < 4.78 is 10.7. The number of anilines is 1.